The van der Waals surface area contributed by atoms with E-state index in [4.69, 9.17) is 9.97 Å². The van der Waals surface area contributed by atoms with Gasteiger partial charge in [0.15, 0.2) is 5.65 Å². The molecule has 6 heteroatoms. The van der Waals surface area contributed by atoms with Gasteiger partial charge in [0.2, 0.25) is 0 Å². The summed E-state index contributed by atoms with van der Waals surface area (Å²) in [6, 6.07) is 27.0. The van der Waals surface area contributed by atoms with Gasteiger partial charge in [-0.3, -0.25) is 4.79 Å². The molecule has 202 valence electrons. The van der Waals surface area contributed by atoms with E-state index in [9.17, 15) is 4.79 Å². The second-order valence-electron chi connectivity index (χ2n) is 11.6. The molecule has 0 radical (unpaired) electrons. The molecule has 1 aliphatic rings. The van der Waals surface area contributed by atoms with Gasteiger partial charge in [-0.1, -0.05) is 80.9 Å². The summed E-state index contributed by atoms with van der Waals surface area (Å²) in [5.41, 5.74) is 7.43. The van der Waals surface area contributed by atoms with Crippen LogP contribution in [0.3, 0.4) is 0 Å². The fraction of sp³-hybridized carbons (Fsp3) is 0.265. The van der Waals surface area contributed by atoms with Crippen molar-refractivity contribution in [1.29, 1.82) is 0 Å². The van der Waals surface area contributed by atoms with Gasteiger partial charge in [-0.15, -0.1) is 0 Å². The minimum absolute atomic E-state index is 0.0626. The quantitative estimate of drug-likeness (QED) is 0.261. The number of carbonyl (C=O) groups excluding carboxylic acids is 1. The van der Waals surface area contributed by atoms with Gasteiger partial charge in [0.1, 0.15) is 12.1 Å². The molecule has 40 heavy (non-hydrogen) atoms. The largest absolute Gasteiger partial charge is 0.352 e. The van der Waals surface area contributed by atoms with Crippen LogP contribution in [0, 0.1) is 6.92 Å². The Morgan fingerprint density at radius 2 is 1.48 bits per heavy atom. The average molecular weight is 530 g/mol. The molecule has 1 saturated heterocycles. The summed E-state index contributed by atoms with van der Waals surface area (Å²) in [7, 11) is 0. The normalized spacial score (nSPS) is 14.1. The van der Waals surface area contributed by atoms with E-state index in [-0.39, 0.29) is 11.3 Å². The van der Waals surface area contributed by atoms with Crippen LogP contribution in [0.15, 0.2) is 91.4 Å². The lowest BCUT2D eigenvalue weighted by atomic mass is 9.86. The maximum absolute atomic E-state index is 13.3. The summed E-state index contributed by atoms with van der Waals surface area (Å²) in [6.07, 6.45) is 3.83. The summed E-state index contributed by atoms with van der Waals surface area (Å²) in [5, 5.41) is 1.03. The summed E-state index contributed by atoms with van der Waals surface area (Å²) in [5.74, 6) is 1.000. The monoisotopic (exact) mass is 529 g/mol. The third-order valence-corrected chi connectivity index (χ3v) is 7.82. The molecule has 0 atom stereocenters. The highest BCUT2D eigenvalue weighted by Gasteiger charge is 2.27. The Morgan fingerprint density at radius 3 is 2.12 bits per heavy atom. The lowest BCUT2D eigenvalue weighted by Crippen LogP contribution is -2.49. The number of piperazine rings is 1. The van der Waals surface area contributed by atoms with Crippen LogP contribution in [-0.2, 0) is 5.41 Å². The third kappa shape index (κ3) is 4.86. The predicted octanol–water partition coefficient (Wildman–Crippen LogP) is 6.66. The van der Waals surface area contributed by atoms with Gasteiger partial charge in [0.05, 0.1) is 5.39 Å². The summed E-state index contributed by atoms with van der Waals surface area (Å²) < 4.78 is 2.16. The van der Waals surface area contributed by atoms with Crippen molar-refractivity contribution in [2.75, 3.05) is 31.1 Å². The van der Waals surface area contributed by atoms with Crippen molar-refractivity contribution < 1.29 is 4.79 Å². The number of carbonyl (C=O) groups is 1. The van der Waals surface area contributed by atoms with Crippen molar-refractivity contribution in [3.05, 3.63) is 108 Å². The number of nitrogens with zero attached hydrogens (tertiary/aromatic N) is 5. The van der Waals surface area contributed by atoms with Crippen LogP contribution in [0.4, 0.5) is 5.82 Å². The first kappa shape index (κ1) is 25.8. The molecule has 2 aromatic heterocycles. The van der Waals surface area contributed by atoms with E-state index in [1.54, 1.807) is 6.33 Å². The average Bonchev–Trinajstić information content (AvgIpc) is 3.37. The molecular formula is C34H35N5O. The first-order chi connectivity index (χ1) is 19.3. The Morgan fingerprint density at radius 1 is 0.800 bits per heavy atom. The number of aromatic nitrogens is 3. The molecule has 0 unspecified atom stereocenters. The third-order valence-electron chi connectivity index (χ3n) is 7.82. The molecule has 3 aromatic carbocycles. The zero-order valence-electron chi connectivity index (χ0n) is 23.6. The highest BCUT2D eigenvalue weighted by atomic mass is 16.2. The maximum atomic E-state index is 13.3. The topological polar surface area (TPSA) is 54.3 Å². The van der Waals surface area contributed by atoms with E-state index in [2.05, 4.69) is 104 Å². The molecule has 6 rings (SSSR count). The Bertz CT molecular complexity index is 1640. The van der Waals surface area contributed by atoms with Crippen molar-refractivity contribution in [3.8, 4) is 16.8 Å². The fourth-order valence-corrected chi connectivity index (χ4v) is 5.44. The SMILES string of the molecule is Cc1ccc(-n2cc(-c3ccccc3)c3c(N4CCN(C(=O)c5ccc(C(C)(C)C)cc5)CC4)ncnc32)cc1. The van der Waals surface area contributed by atoms with E-state index in [0.29, 0.717) is 26.2 Å². The summed E-state index contributed by atoms with van der Waals surface area (Å²) in [6.45, 7) is 11.4. The zero-order chi connectivity index (χ0) is 27.9. The van der Waals surface area contributed by atoms with Crippen LogP contribution < -0.4 is 4.90 Å². The van der Waals surface area contributed by atoms with Gasteiger partial charge in [0.25, 0.3) is 5.91 Å². The highest BCUT2D eigenvalue weighted by Crippen LogP contribution is 2.37. The van der Waals surface area contributed by atoms with E-state index < -0.39 is 0 Å². The second kappa shape index (κ2) is 10.3. The van der Waals surface area contributed by atoms with Gasteiger partial charge >= 0.3 is 0 Å². The number of anilines is 1. The molecule has 5 aromatic rings. The van der Waals surface area contributed by atoms with Crippen LogP contribution in [0.25, 0.3) is 27.8 Å². The molecule has 1 amide bonds. The number of benzene rings is 3. The molecule has 1 fully saturated rings. The maximum Gasteiger partial charge on any atom is 0.253 e. The smallest absolute Gasteiger partial charge is 0.253 e. The standard InChI is InChI=1S/C34H35N5O/c1-24-10-16-28(17-11-24)39-22-29(25-8-6-5-7-9-25)30-31(35-23-36-32(30)39)37-18-20-38(21-19-37)33(40)26-12-14-27(15-13-26)34(2,3)4/h5-17,22-23H,18-21H2,1-4H3. The number of aryl methyl sites for hydroxylation is 1. The van der Waals surface area contributed by atoms with E-state index >= 15 is 0 Å². The van der Waals surface area contributed by atoms with Gasteiger partial charge in [-0.05, 0) is 47.7 Å². The fourth-order valence-electron chi connectivity index (χ4n) is 5.44. The van der Waals surface area contributed by atoms with E-state index in [1.165, 1.54) is 11.1 Å². The Hall–Kier alpha value is -4.45. The van der Waals surface area contributed by atoms with Crippen LogP contribution in [0.2, 0.25) is 0 Å². The molecule has 6 nitrogen and oxygen atoms in total. The molecule has 0 aliphatic carbocycles. The second-order valence-corrected chi connectivity index (χ2v) is 11.6. The minimum Gasteiger partial charge on any atom is -0.352 e. The van der Waals surface area contributed by atoms with Gasteiger partial charge in [0, 0.05) is 49.2 Å². The molecular weight excluding hydrogens is 494 g/mol. The number of amides is 1. The van der Waals surface area contributed by atoms with Gasteiger partial charge in [-0.2, -0.15) is 0 Å². The lowest BCUT2D eigenvalue weighted by Gasteiger charge is -2.35. The zero-order valence-corrected chi connectivity index (χ0v) is 23.6. The number of hydrogen-bond acceptors (Lipinski definition) is 4. The van der Waals surface area contributed by atoms with Crippen molar-refractivity contribution in [1.82, 2.24) is 19.4 Å². The molecule has 0 bridgehead atoms. The van der Waals surface area contributed by atoms with Crippen molar-refractivity contribution in [3.63, 3.8) is 0 Å². The van der Waals surface area contributed by atoms with Gasteiger partial charge in [-0.25, -0.2) is 9.97 Å². The highest BCUT2D eigenvalue weighted by molar-refractivity contribution is 6.02. The molecule has 0 spiro atoms. The Balaban J connectivity index is 1.31. The van der Waals surface area contributed by atoms with Crippen LogP contribution >= 0.6 is 0 Å². The minimum atomic E-state index is 0.0626. The number of fused-ring (bicyclic) bond motifs is 1. The van der Waals surface area contributed by atoms with Crippen LogP contribution in [0.1, 0.15) is 42.3 Å². The summed E-state index contributed by atoms with van der Waals surface area (Å²) >= 11 is 0. The Labute approximate surface area is 235 Å². The van der Waals surface area contributed by atoms with Crippen LogP contribution in [-0.4, -0.2) is 51.5 Å². The lowest BCUT2D eigenvalue weighted by molar-refractivity contribution is 0.0746. The molecule has 3 heterocycles. The van der Waals surface area contributed by atoms with Gasteiger partial charge < -0.3 is 14.4 Å². The van der Waals surface area contributed by atoms with E-state index in [0.717, 1.165) is 39.2 Å². The summed E-state index contributed by atoms with van der Waals surface area (Å²) in [4.78, 5) is 27.1. The predicted molar refractivity (Wildman–Crippen MR) is 162 cm³/mol. The number of rotatable bonds is 4. The number of hydrogen-bond donors (Lipinski definition) is 0. The van der Waals surface area contributed by atoms with Crippen molar-refractivity contribution in [2.45, 2.75) is 33.1 Å². The molecule has 1 aliphatic heterocycles. The molecule has 0 N–H and O–H groups in total. The van der Waals surface area contributed by atoms with Crippen molar-refractivity contribution in [2.24, 2.45) is 0 Å². The first-order valence-corrected chi connectivity index (χ1v) is 13.9. The van der Waals surface area contributed by atoms with E-state index in [1.807, 2.05) is 23.1 Å². The molecule has 0 saturated carbocycles. The first-order valence-electron chi connectivity index (χ1n) is 13.9. The van der Waals surface area contributed by atoms with Crippen molar-refractivity contribution >= 4 is 22.8 Å². The van der Waals surface area contributed by atoms with Crippen LogP contribution in [0.5, 0.6) is 0 Å². The Kier molecular flexibility index (Phi) is 6.62.